The summed E-state index contributed by atoms with van der Waals surface area (Å²) in [7, 11) is 0. The highest BCUT2D eigenvalue weighted by atomic mass is 15.3. The first-order valence-corrected chi connectivity index (χ1v) is 6.59. The first kappa shape index (κ1) is 11.5. The van der Waals surface area contributed by atoms with E-state index >= 15 is 0 Å². The summed E-state index contributed by atoms with van der Waals surface area (Å²) in [6.45, 7) is 4.02. The lowest BCUT2D eigenvalue weighted by Gasteiger charge is -2.48. The van der Waals surface area contributed by atoms with Gasteiger partial charge in [-0.25, -0.2) is 4.98 Å². The van der Waals surface area contributed by atoms with Gasteiger partial charge in [0.1, 0.15) is 5.82 Å². The maximum absolute atomic E-state index is 6.32. The molecule has 94 valence electrons. The van der Waals surface area contributed by atoms with E-state index in [0.29, 0.717) is 0 Å². The second-order valence-electron chi connectivity index (χ2n) is 5.32. The Morgan fingerprint density at radius 3 is 2.83 bits per heavy atom. The quantitative estimate of drug-likeness (QED) is 0.898. The molecule has 0 aliphatic carbocycles. The molecule has 1 fully saturated rings. The van der Waals surface area contributed by atoms with Gasteiger partial charge in [-0.1, -0.05) is 37.6 Å². The van der Waals surface area contributed by atoms with Crippen LogP contribution in [0.25, 0.3) is 10.8 Å². The molecule has 0 radical (unpaired) electrons. The highest BCUT2D eigenvalue weighted by molar-refractivity contribution is 5.92. The van der Waals surface area contributed by atoms with Crippen molar-refractivity contribution in [1.82, 2.24) is 4.98 Å². The zero-order valence-corrected chi connectivity index (χ0v) is 10.8. The van der Waals surface area contributed by atoms with Crippen molar-refractivity contribution in [3.8, 4) is 0 Å². The Balaban J connectivity index is 1.89. The number of nitrogens with two attached hydrogens (primary N) is 1. The van der Waals surface area contributed by atoms with Gasteiger partial charge in [0.05, 0.1) is 5.54 Å². The van der Waals surface area contributed by atoms with Gasteiger partial charge < -0.3 is 10.6 Å². The van der Waals surface area contributed by atoms with Crippen LogP contribution in [0.2, 0.25) is 0 Å². The molecule has 0 bridgehead atoms. The van der Waals surface area contributed by atoms with Crippen LogP contribution in [0, 0.1) is 0 Å². The Hall–Kier alpha value is -1.61. The van der Waals surface area contributed by atoms with Crippen molar-refractivity contribution >= 4 is 16.6 Å². The van der Waals surface area contributed by atoms with Crippen LogP contribution in [0.1, 0.15) is 19.8 Å². The molecule has 0 amide bonds. The van der Waals surface area contributed by atoms with E-state index in [1.807, 2.05) is 6.20 Å². The number of hydrogen-bond acceptors (Lipinski definition) is 3. The minimum Gasteiger partial charge on any atom is -0.352 e. The van der Waals surface area contributed by atoms with Crippen LogP contribution in [0.15, 0.2) is 36.5 Å². The second-order valence-corrected chi connectivity index (χ2v) is 5.32. The number of hydrogen-bond donors (Lipinski definition) is 1. The number of fused-ring (bicyclic) bond motifs is 1. The SMILES string of the molecule is CCCC1(N)CN(c2nccc3ccccc23)C1. The van der Waals surface area contributed by atoms with Gasteiger partial charge >= 0.3 is 0 Å². The summed E-state index contributed by atoms with van der Waals surface area (Å²) in [5.41, 5.74) is 6.31. The number of rotatable bonds is 3. The van der Waals surface area contributed by atoms with E-state index in [9.17, 15) is 0 Å². The van der Waals surface area contributed by atoms with E-state index < -0.39 is 0 Å². The van der Waals surface area contributed by atoms with Gasteiger partial charge in [0.15, 0.2) is 0 Å². The molecule has 0 saturated carbocycles. The fraction of sp³-hybridized carbons (Fsp3) is 0.400. The summed E-state index contributed by atoms with van der Waals surface area (Å²) in [6.07, 6.45) is 4.12. The van der Waals surface area contributed by atoms with Gasteiger partial charge in [0.25, 0.3) is 0 Å². The molecule has 1 aliphatic rings. The van der Waals surface area contributed by atoms with Crippen molar-refractivity contribution < 1.29 is 0 Å². The highest BCUT2D eigenvalue weighted by Crippen LogP contribution is 2.32. The van der Waals surface area contributed by atoms with E-state index in [4.69, 9.17) is 5.73 Å². The minimum absolute atomic E-state index is 0.00657. The van der Waals surface area contributed by atoms with Crippen LogP contribution in [-0.4, -0.2) is 23.6 Å². The van der Waals surface area contributed by atoms with Crippen LogP contribution < -0.4 is 10.6 Å². The molecule has 3 nitrogen and oxygen atoms in total. The molecule has 1 aromatic carbocycles. The topological polar surface area (TPSA) is 42.1 Å². The molecule has 1 aliphatic heterocycles. The van der Waals surface area contributed by atoms with Crippen LogP contribution in [0.5, 0.6) is 0 Å². The van der Waals surface area contributed by atoms with E-state index in [2.05, 4.69) is 47.1 Å². The summed E-state index contributed by atoms with van der Waals surface area (Å²) in [5, 5.41) is 2.46. The van der Waals surface area contributed by atoms with Gasteiger partial charge in [-0.05, 0) is 17.9 Å². The van der Waals surface area contributed by atoms with Crippen molar-refractivity contribution in [3.05, 3.63) is 36.5 Å². The molecule has 0 atom stereocenters. The summed E-state index contributed by atoms with van der Waals surface area (Å²) in [5.74, 6) is 1.07. The average Bonchev–Trinajstić information content (AvgIpc) is 2.35. The van der Waals surface area contributed by atoms with Gasteiger partial charge in [0.2, 0.25) is 0 Å². The van der Waals surface area contributed by atoms with Crippen molar-refractivity contribution in [2.45, 2.75) is 25.3 Å². The first-order valence-electron chi connectivity index (χ1n) is 6.59. The van der Waals surface area contributed by atoms with Crippen molar-refractivity contribution in [3.63, 3.8) is 0 Å². The van der Waals surface area contributed by atoms with Crippen molar-refractivity contribution in [2.75, 3.05) is 18.0 Å². The van der Waals surface area contributed by atoms with Gasteiger partial charge in [-0.3, -0.25) is 0 Å². The number of anilines is 1. The molecular weight excluding hydrogens is 222 g/mol. The second kappa shape index (κ2) is 4.25. The maximum atomic E-state index is 6.32. The highest BCUT2D eigenvalue weighted by Gasteiger charge is 2.39. The lowest BCUT2D eigenvalue weighted by Crippen LogP contribution is -2.67. The fourth-order valence-corrected chi connectivity index (χ4v) is 2.88. The summed E-state index contributed by atoms with van der Waals surface area (Å²) >= 11 is 0. The van der Waals surface area contributed by atoms with E-state index in [-0.39, 0.29) is 5.54 Å². The number of benzene rings is 1. The molecule has 2 heterocycles. The van der Waals surface area contributed by atoms with Crippen LogP contribution in [-0.2, 0) is 0 Å². The molecule has 0 spiro atoms. The standard InChI is InChI=1S/C15H19N3/c1-2-8-15(16)10-18(11-15)14-13-6-4-3-5-12(13)7-9-17-14/h3-7,9H,2,8,10-11,16H2,1H3. The molecule has 3 heteroatoms. The summed E-state index contributed by atoms with van der Waals surface area (Å²) < 4.78 is 0. The maximum Gasteiger partial charge on any atom is 0.136 e. The Bertz CT molecular complexity index is 553. The van der Waals surface area contributed by atoms with E-state index in [1.165, 1.54) is 10.8 Å². The predicted molar refractivity (Wildman–Crippen MR) is 75.8 cm³/mol. The van der Waals surface area contributed by atoms with Gasteiger partial charge in [-0.15, -0.1) is 0 Å². The molecule has 2 aromatic rings. The monoisotopic (exact) mass is 241 g/mol. The van der Waals surface area contributed by atoms with Crippen LogP contribution in [0.3, 0.4) is 0 Å². The van der Waals surface area contributed by atoms with Crippen LogP contribution >= 0.6 is 0 Å². The third kappa shape index (κ3) is 1.85. The normalized spacial score (nSPS) is 17.8. The molecule has 18 heavy (non-hydrogen) atoms. The van der Waals surface area contributed by atoms with Gasteiger partial charge in [0, 0.05) is 24.7 Å². The Morgan fingerprint density at radius 1 is 1.28 bits per heavy atom. The number of nitrogens with zero attached hydrogens (tertiary/aromatic N) is 2. The van der Waals surface area contributed by atoms with Crippen molar-refractivity contribution in [1.29, 1.82) is 0 Å². The fourth-order valence-electron chi connectivity index (χ4n) is 2.88. The molecule has 3 rings (SSSR count). The number of aromatic nitrogens is 1. The first-order chi connectivity index (χ1) is 8.72. The Morgan fingerprint density at radius 2 is 2.06 bits per heavy atom. The van der Waals surface area contributed by atoms with E-state index in [1.54, 1.807) is 0 Å². The van der Waals surface area contributed by atoms with Gasteiger partial charge in [-0.2, -0.15) is 0 Å². The predicted octanol–water partition coefficient (Wildman–Crippen LogP) is 2.55. The lowest BCUT2D eigenvalue weighted by molar-refractivity contribution is 0.306. The average molecular weight is 241 g/mol. The smallest absolute Gasteiger partial charge is 0.136 e. The lowest BCUT2D eigenvalue weighted by atomic mass is 9.86. The van der Waals surface area contributed by atoms with Crippen molar-refractivity contribution in [2.24, 2.45) is 5.73 Å². The summed E-state index contributed by atoms with van der Waals surface area (Å²) in [4.78, 5) is 6.81. The van der Waals surface area contributed by atoms with Crippen LogP contribution in [0.4, 0.5) is 5.82 Å². The largest absolute Gasteiger partial charge is 0.352 e. The molecule has 0 unspecified atom stereocenters. The Kier molecular flexibility index (Phi) is 2.71. The van der Waals surface area contributed by atoms with E-state index in [0.717, 1.165) is 31.7 Å². The Labute approximate surface area is 108 Å². The zero-order valence-electron chi connectivity index (χ0n) is 10.8. The minimum atomic E-state index is -0.00657. The third-order valence-electron chi connectivity index (χ3n) is 3.71. The molecule has 2 N–H and O–H groups in total. The molecule has 1 aromatic heterocycles. The third-order valence-corrected chi connectivity index (χ3v) is 3.71. The molecular formula is C15H19N3. The summed E-state index contributed by atoms with van der Waals surface area (Å²) in [6, 6.07) is 10.4. The zero-order chi connectivity index (χ0) is 12.6. The number of pyridine rings is 1. The molecule has 1 saturated heterocycles.